The molecule has 1 N–H and O–H groups in total. The molecule has 0 radical (unpaired) electrons. The van der Waals surface area contributed by atoms with Crippen molar-refractivity contribution in [1.29, 1.82) is 0 Å². The molecule has 126 valence electrons. The average Bonchev–Trinajstić information content (AvgIpc) is 2.62. The predicted molar refractivity (Wildman–Crippen MR) is 92.1 cm³/mol. The molecule has 3 rings (SSSR count). The first-order valence-corrected chi connectivity index (χ1v) is 8.68. The van der Waals surface area contributed by atoms with Crippen molar-refractivity contribution in [3.8, 4) is 0 Å². The number of nitrogens with zero attached hydrogens (tertiary/aromatic N) is 1. The number of aromatic nitrogens is 1. The van der Waals surface area contributed by atoms with Gasteiger partial charge in [-0.3, -0.25) is 9.78 Å². The zero-order valence-electron chi connectivity index (χ0n) is 13.7. The second-order valence-corrected chi connectivity index (χ2v) is 6.47. The lowest BCUT2D eigenvalue weighted by molar-refractivity contribution is -0.123. The highest BCUT2D eigenvalue weighted by Crippen LogP contribution is 2.23. The summed E-state index contributed by atoms with van der Waals surface area (Å²) >= 11 is 0. The lowest BCUT2D eigenvalue weighted by atomic mass is 9.91. The number of hydrogen-bond donors (Lipinski definition) is 1. The number of pyridine rings is 1. The summed E-state index contributed by atoms with van der Waals surface area (Å²) in [5.74, 6) is -0.621. The smallest absolute Gasteiger partial charge is 0.228 e. The van der Waals surface area contributed by atoms with Gasteiger partial charge >= 0.3 is 0 Å². The van der Waals surface area contributed by atoms with Crippen LogP contribution >= 0.6 is 0 Å². The van der Waals surface area contributed by atoms with Crippen molar-refractivity contribution in [2.45, 2.75) is 50.5 Å². The Morgan fingerprint density at radius 3 is 2.54 bits per heavy atom. The van der Waals surface area contributed by atoms with E-state index >= 15 is 0 Å². The van der Waals surface area contributed by atoms with Gasteiger partial charge in [-0.1, -0.05) is 37.5 Å². The average molecular weight is 326 g/mol. The monoisotopic (exact) mass is 326 g/mol. The van der Waals surface area contributed by atoms with Crippen LogP contribution in [0.3, 0.4) is 0 Å². The van der Waals surface area contributed by atoms with E-state index in [1.54, 1.807) is 18.3 Å². The molecule has 0 bridgehead atoms. The lowest BCUT2D eigenvalue weighted by Gasteiger charge is -2.25. The van der Waals surface area contributed by atoms with E-state index in [2.05, 4.69) is 10.3 Å². The highest BCUT2D eigenvalue weighted by molar-refractivity contribution is 5.84. The standard InChI is InChI=1S/C20H23FN2O/c21-16-11-9-15(10-12-16)19(14-18-8-4-5-13-22-18)20(24)23-17-6-2-1-3-7-17/h4-5,8-13,17,19H,1-3,6-7,14H2,(H,23,24). The van der Waals surface area contributed by atoms with Gasteiger partial charge in [-0.05, 0) is 42.7 Å². The number of halogens is 1. The third-order valence-corrected chi connectivity index (χ3v) is 4.68. The zero-order chi connectivity index (χ0) is 16.8. The molecule has 1 aromatic heterocycles. The molecule has 1 fully saturated rings. The van der Waals surface area contributed by atoms with Crippen LogP contribution in [0.15, 0.2) is 48.7 Å². The molecule has 1 unspecified atom stereocenters. The molecule has 1 heterocycles. The largest absolute Gasteiger partial charge is 0.353 e. The molecule has 1 atom stereocenters. The normalized spacial score (nSPS) is 16.5. The predicted octanol–water partition coefficient (Wildman–Crippen LogP) is 4.00. The van der Waals surface area contributed by atoms with Crippen molar-refractivity contribution in [3.63, 3.8) is 0 Å². The van der Waals surface area contributed by atoms with Gasteiger partial charge in [-0.15, -0.1) is 0 Å². The van der Waals surface area contributed by atoms with Crippen LogP contribution in [0.2, 0.25) is 0 Å². The number of carbonyl (C=O) groups excluding carboxylic acids is 1. The second-order valence-electron chi connectivity index (χ2n) is 6.47. The minimum absolute atomic E-state index is 0.0131. The van der Waals surface area contributed by atoms with E-state index in [4.69, 9.17) is 0 Å². The first-order valence-electron chi connectivity index (χ1n) is 8.68. The van der Waals surface area contributed by atoms with E-state index in [1.165, 1.54) is 31.4 Å². The third-order valence-electron chi connectivity index (χ3n) is 4.68. The van der Waals surface area contributed by atoms with Gasteiger partial charge in [0.1, 0.15) is 5.82 Å². The fourth-order valence-corrected chi connectivity index (χ4v) is 3.33. The molecule has 24 heavy (non-hydrogen) atoms. The van der Waals surface area contributed by atoms with Gasteiger partial charge in [-0.2, -0.15) is 0 Å². The molecule has 2 aromatic rings. The summed E-state index contributed by atoms with van der Waals surface area (Å²) in [6.07, 6.45) is 7.94. The van der Waals surface area contributed by atoms with E-state index in [-0.39, 0.29) is 23.7 Å². The Bertz CT molecular complexity index is 651. The van der Waals surface area contributed by atoms with Crippen molar-refractivity contribution < 1.29 is 9.18 Å². The summed E-state index contributed by atoms with van der Waals surface area (Å²) in [5, 5.41) is 3.19. The molecule has 0 aliphatic heterocycles. The molecule has 1 aliphatic carbocycles. The maximum atomic E-state index is 13.2. The molecule has 1 aromatic carbocycles. The Morgan fingerprint density at radius 1 is 1.12 bits per heavy atom. The summed E-state index contributed by atoms with van der Waals surface area (Å²) < 4.78 is 13.2. The molecular formula is C20H23FN2O. The SMILES string of the molecule is O=C(NC1CCCCC1)C(Cc1ccccn1)c1ccc(F)cc1. The molecular weight excluding hydrogens is 303 g/mol. The van der Waals surface area contributed by atoms with Crippen LogP contribution in [0.5, 0.6) is 0 Å². The number of nitrogens with one attached hydrogen (secondary N) is 1. The Balaban J connectivity index is 1.77. The first-order chi connectivity index (χ1) is 11.7. The molecule has 1 amide bonds. The molecule has 1 aliphatic rings. The van der Waals surface area contributed by atoms with Gasteiger partial charge in [0.05, 0.1) is 5.92 Å². The van der Waals surface area contributed by atoms with Crippen LogP contribution < -0.4 is 5.32 Å². The van der Waals surface area contributed by atoms with E-state index in [9.17, 15) is 9.18 Å². The molecule has 0 spiro atoms. The van der Waals surface area contributed by atoms with Gasteiger partial charge in [0, 0.05) is 24.4 Å². The minimum atomic E-state index is -0.345. The van der Waals surface area contributed by atoms with E-state index in [0.717, 1.165) is 24.1 Å². The molecule has 3 nitrogen and oxygen atoms in total. The number of hydrogen-bond acceptors (Lipinski definition) is 2. The van der Waals surface area contributed by atoms with Crippen LogP contribution in [0.1, 0.15) is 49.3 Å². The van der Waals surface area contributed by atoms with E-state index in [0.29, 0.717) is 6.42 Å². The quantitative estimate of drug-likeness (QED) is 0.902. The van der Waals surface area contributed by atoms with Crippen LogP contribution in [0.25, 0.3) is 0 Å². The van der Waals surface area contributed by atoms with E-state index in [1.807, 2.05) is 18.2 Å². The Morgan fingerprint density at radius 2 is 1.88 bits per heavy atom. The van der Waals surface area contributed by atoms with Crippen LogP contribution in [0, 0.1) is 5.82 Å². The van der Waals surface area contributed by atoms with Crippen molar-refractivity contribution in [2.75, 3.05) is 0 Å². The maximum Gasteiger partial charge on any atom is 0.228 e. The maximum absolute atomic E-state index is 13.2. The van der Waals surface area contributed by atoms with Crippen LogP contribution in [0.4, 0.5) is 4.39 Å². The van der Waals surface area contributed by atoms with E-state index < -0.39 is 0 Å². The molecule has 0 saturated heterocycles. The Labute approximate surface area is 142 Å². The first kappa shape index (κ1) is 16.6. The summed E-state index contributed by atoms with van der Waals surface area (Å²) in [7, 11) is 0. The number of carbonyl (C=O) groups is 1. The van der Waals surface area contributed by atoms with Gasteiger partial charge in [0.25, 0.3) is 0 Å². The molecule has 4 heteroatoms. The lowest BCUT2D eigenvalue weighted by Crippen LogP contribution is -2.39. The highest BCUT2D eigenvalue weighted by Gasteiger charge is 2.25. The summed E-state index contributed by atoms with van der Waals surface area (Å²) in [4.78, 5) is 17.2. The Hall–Kier alpha value is -2.23. The highest BCUT2D eigenvalue weighted by atomic mass is 19.1. The Kier molecular flexibility index (Phi) is 5.57. The number of amides is 1. The van der Waals surface area contributed by atoms with Crippen LogP contribution in [-0.2, 0) is 11.2 Å². The fraction of sp³-hybridized carbons (Fsp3) is 0.400. The summed E-state index contributed by atoms with van der Waals surface area (Å²) in [6.45, 7) is 0. The van der Waals surface area contributed by atoms with Crippen molar-refractivity contribution >= 4 is 5.91 Å². The summed E-state index contributed by atoms with van der Waals surface area (Å²) in [5.41, 5.74) is 1.70. The van der Waals surface area contributed by atoms with Gasteiger partial charge in [-0.25, -0.2) is 4.39 Å². The topological polar surface area (TPSA) is 42.0 Å². The fourth-order valence-electron chi connectivity index (χ4n) is 3.33. The number of benzene rings is 1. The molecule has 1 saturated carbocycles. The van der Waals surface area contributed by atoms with Gasteiger partial charge in [0.15, 0.2) is 0 Å². The van der Waals surface area contributed by atoms with Gasteiger partial charge < -0.3 is 5.32 Å². The van der Waals surface area contributed by atoms with Crippen molar-refractivity contribution in [1.82, 2.24) is 10.3 Å². The number of rotatable bonds is 5. The minimum Gasteiger partial charge on any atom is -0.353 e. The zero-order valence-corrected chi connectivity index (χ0v) is 13.7. The van der Waals surface area contributed by atoms with Crippen molar-refractivity contribution in [3.05, 3.63) is 65.7 Å². The third kappa shape index (κ3) is 4.40. The van der Waals surface area contributed by atoms with Crippen molar-refractivity contribution in [2.24, 2.45) is 0 Å². The van der Waals surface area contributed by atoms with Gasteiger partial charge in [0.2, 0.25) is 5.91 Å². The summed E-state index contributed by atoms with van der Waals surface area (Å²) in [6, 6.07) is 12.2. The van der Waals surface area contributed by atoms with Crippen LogP contribution in [-0.4, -0.2) is 16.9 Å². The second kappa shape index (κ2) is 8.04.